The van der Waals surface area contributed by atoms with Crippen molar-refractivity contribution in [1.82, 2.24) is 0 Å². The average Bonchev–Trinajstić information content (AvgIpc) is 2.92. The quantitative estimate of drug-likeness (QED) is 0.520. The molecule has 4 heteroatoms. The van der Waals surface area contributed by atoms with Gasteiger partial charge >= 0.3 is 5.97 Å². The fourth-order valence-corrected chi connectivity index (χ4v) is 6.34. The Labute approximate surface area is 157 Å². The molecule has 4 rings (SSSR count). The van der Waals surface area contributed by atoms with Crippen molar-refractivity contribution in [3.05, 3.63) is 11.6 Å². The van der Waals surface area contributed by atoms with E-state index in [9.17, 15) is 4.79 Å². The van der Waals surface area contributed by atoms with Crippen molar-refractivity contribution in [2.75, 3.05) is 6.61 Å². The third kappa shape index (κ3) is 2.93. The van der Waals surface area contributed by atoms with Gasteiger partial charge in [0.1, 0.15) is 6.10 Å². The predicted molar refractivity (Wildman–Crippen MR) is 99.6 cm³/mol. The van der Waals surface area contributed by atoms with Crippen molar-refractivity contribution >= 4 is 5.97 Å². The van der Waals surface area contributed by atoms with E-state index in [1.54, 1.807) is 6.92 Å². The van der Waals surface area contributed by atoms with Crippen molar-refractivity contribution in [2.24, 2.45) is 29.6 Å². The minimum absolute atomic E-state index is 0.0365. The van der Waals surface area contributed by atoms with Crippen LogP contribution in [0.5, 0.6) is 0 Å². The lowest BCUT2D eigenvalue weighted by Gasteiger charge is -2.46. The fraction of sp³-hybridized carbons (Fsp3) is 0.864. The maximum absolute atomic E-state index is 11.8. The molecule has 2 bridgehead atoms. The average molecular weight is 363 g/mol. The molecule has 4 nitrogen and oxygen atoms in total. The number of allylic oxidation sites excluding steroid dienone is 1. The molecule has 2 saturated heterocycles. The molecule has 0 aromatic rings. The number of esters is 1. The Balaban J connectivity index is 1.79. The topological polar surface area (TPSA) is 44.8 Å². The van der Waals surface area contributed by atoms with E-state index in [-0.39, 0.29) is 35.8 Å². The lowest BCUT2D eigenvalue weighted by molar-refractivity contribution is -0.160. The summed E-state index contributed by atoms with van der Waals surface area (Å²) in [5.74, 6) is 2.01. The number of rotatable bonds is 1. The molecule has 9 atom stereocenters. The van der Waals surface area contributed by atoms with Crippen LogP contribution in [-0.4, -0.2) is 36.5 Å². The van der Waals surface area contributed by atoms with Gasteiger partial charge in [0.2, 0.25) is 0 Å². The first-order chi connectivity index (χ1) is 12.3. The van der Waals surface area contributed by atoms with Crippen LogP contribution in [0.4, 0.5) is 0 Å². The van der Waals surface area contributed by atoms with E-state index in [0.717, 1.165) is 32.3 Å². The number of fused-ring (bicyclic) bond motifs is 2. The van der Waals surface area contributed by atoms with Crippen LogP contribution in [0.1, 0.15) is 60.3 Å². The molecule has 146 valence electrons. The SMILES string of the molecule is CC(=O)OC1C2C3[C@@H](C[C@H]1C)C(C)CO[C@@]1(C)CC/C=C(/C)C[C@@H]2O[C@@H]31. The number of ether oxygens (including phenoxy) is 3. The van der Waals surface area contributed by atoms with Crippen LogP contribution >= 0.6 is 0 Å². The van der Waals surface area contributed by atoms with E-state index in [0.29, 0.717) is 23.7 Å². The highest BCUT2D eigenvalue weighted by Crippen LogP contribution is 2.57. The second-order valence-corrected chi connectivity index (χ2v) is 9.59. The molecule has 3 heterocycles. The molecule has 3 aliphatic heterocycles. The maximum atomic E-state index is 11.8. The van der Waals surface area contributed by atoms with Crippen molar-refractivity contribution < 1.29 is 19.0 Å². The van der Waals surface area contributed by atoms with E-state index >= 15 is 0 Å². The first-order valence-corrected chi connectivity index (χ1v) is 10.4. The molecule has 0 amide bonds. The molecule has 0 aromatic heterocycles. The molecule has 4 unspecified atom stereocenters. The minimum atomic E-state index is -0.247. The summed E-state index contributed by atoms with van der Waals surface area (Å²) in [7, 11) is 0. The van der Waals surface area contributed by atoms with Gasteiger partial charge in [0.25, 0.3) is 0 Å². The Morgan fingerprint density at radius 2 is 2.04 bits per heavy atom. The van der Waals surface area contributed by atoms with Gasteiger partial charge < -0.3 is 14.2 Å². The maximum Gasteiger partial charge on any atom is 0.302 e. The van der Waals surface area contributed by atoms with Gasteiger partial charge in [0.05, 0.1) is 24.4 Å². The molecule has 0 spiro atoms. The molecule has 1 saturated carbocycles. The predicted octanol–water partition coefficient (Wildman–Crippen LogP) is 4.13. The molecule has 0 aromatic carbocycles. The van der Waals surface area contributed by atoms with Gasteiger partial charge in [-0.05, 0) is 63.2 Å². The highest BCUT2D eigenvalue weighted by molar-refractivity contribution is 5.66. The van der Waals surface area contributed by atoms with Crippen molar-refractivity contribution in [3.8, 4) is 0 Å². The Kier molecular flexibility index (Phi) is 4.71. The van der Waals surface area contributed by atoms with Gasteiger partial charge in [-0.1, -0.05) is 25.5 Å². The van der Waals surface area contributed by atoms with E-state index in [1.807, 2.05) is 0 Å². The second-order valence-electron chi connectivity index (χ2n) is 9.59. The molecule has 0 radical (unpaired) electrons. The summed E-state index contributed by atoms with van der Waals surface area (Å²) in [6, 6.07) is 0. The second kappa shape index (κ2) is 6.63. The highest BCUT2D eigenvalue weighted by atomic mass is 16.6. The summed E-state index contributed by atoms with van der Waals surface area (Å²) in [5, 5.41) is 0. The third-order valence-electron chi connectivity index (χ3n) is 7.59. The Morgan fingerprint density at radius 3 is 2.77 bits per heavy atom. The van der Waals surface area contributed by atoms with Crippen LogP contribution in [-0.2, 0) is 19.0 Å². The molecule has 0 N–H and O–H groups in total. The van der Waals surface area contributed by atoms with Crippen LogP contribution in [0.25, 0.3) is 0 Å². The Morgan fingerprint density at radius 1 is 1.27 bits per heavy atom. The Bertz CT molecular complexity index is 599. The molecule has 4 aliphatic rings. The highest BCUT2D eigenvalue weighted by Gasteiger charge is 2.62. The van der Waals surface area contributed by atoms with Gasteiger partial charge in [0, 0.05) is 12.8 Å². The largest absolute Gasteiger partial charge is 0.462 e. The summed E-state index contributed by atoms with van der Waals surface area (Å²) in [5.41, 5.74) is 1.14. The van der Waals surface area contributed by atoms with E-state index in [4.69, 9.17) is 14.2 Å². The zero-order chi connectivity index (χ0) is 18.6. The molecular weight excluding hydrogens is 328 g/mol. The van der Waals surface area contributed by atoms with E-state index in [2.05, 4.69) is 33.8 Å². The number of hydrogen-bond donors (Lipinski definition) is 0. The standard InChI is InChI=1S/C22H34O4/c1-12-7-6-8-22(5)21-18-16(14(3)11-24-22)10-13(2)20(25-15(4)23)19(18)17(9-12)26-21/h7,13-14,16-21H,6,8-11H2,1-5H3/b12-7-/t13-,14?,16+,17+,18?,19?,20?,21+,22+/m1/s1. The zero-order valence-electron chi connectivity index (χ0n) is 16.9. The van der Waals surface area contributed by atoms with Crippen LogP contribution in [0.3, 0.4) is 0 Å². The molecule has 26 heavy (non-hydrogen) atoms. The summed E-state index contributed by atoms with van der Waals surface area (Å²) in [4.78, 5) is 11.8. The van der Waals surface area contributed by atoms with Gasteiger partial charge in [0.15, 0.2) is 0 Å². The van der Waals surface area contributed by atoms with Crippen molar-refractivity contribution in [2.45, 2.75) is 84.2 Å². The van der Waals surface area contributed by atoms with Gasteiger partial charge in [-0.15, -0.1) is 0 Å². The summed E-state index contributed by atoms with van der Waals surface area (Å²) >= 11 is 0. The fourth-order valence-electron chi connectivity index (χ4n) is 6.34. The van der Waals surface area contributed by atoms with E-state index < -0.39 is 0 Å². The first-order valence-electron chi connectivity index (χ1n) is 10.4. The van der Waals surface area contributed by atoms with Gasteiger partial charge in [-0.3, -0.25) is 4.79 Å². The number of carbonyl (C=O) groups is 1. The summed E-state index contributed by atoms with van der Waals surface area (Å²) in [6.07, 6.45) is 6.64. The van der Waals surface area contributed by atoms with Gasteiger partial charge in [-0.2, -0.15) is 0 Å². The zero-order valence-corrected chi connectivity index (χ0v) is 16.9. The molecular formula is C22H34O4. The number of hydrogen-bond acceptors (Lipinski definition) is 4. The monoisotopic (exact) mass is 362 g/mol. The lowest BCUT2D eigenvalue weighted by Crippen LogP contribution is -2.51. The lowest BCUT2D eigenvalue weighted by atomic mass is 9.59. The van der Waals surface area contributed by atoms with Crippen LogP contribution in [0, 0.1) is 29.6 Å². The molecule has 1 aliphatic carbocycles. The van der Waals surface area contributed by atoms with Crippen LogP contribution < -0.4 is 0 Å². The van der Waals surface area contributed by atoms with Crippen molar-refractivity contribution in [1.29, 1.82) is 0 Å². The first kappa shape index (κ1) is 18.5. The Hall–Kier alpha value is -0.870. The molecule has 3 fully saturated rings. The smallest absolute Gasteiger partial charge is 0.302 e. The minimum Gasteiger partial charge on any atom is -0.462 e. The van der Waals surface area contributed by atoms with Crippen molar-refractivity contribution in [3.63, 3.8) is 0 Å². The normalized spacial score (nSPS) is 52.7. The van der Waals surface area contributed by atoms with Gasteiger partial charge in [-0.25, -0.2) is 0 Å². The summed E-state index contributed by atoms with van der Waals surface area (Å²) in [6.45, 7) is 11.4. The van der Waals surface area contributed by atoms with Crippen LogP contribution in [0.2, 0.25) is 0 Å². The summed E-state index contributed by atoms with van der Waals surface area (Å²) < 4.78 is 19.2. The number of carbonyl (C=O) groups excluding carboxylic acids is 1. The van der Waals surface area contributed by atoms with Crippen LogP contribution in [0.15, 0.2) is 11.6 Å². The third-order valence-corrected chi connectivity index (χ3v) is 7.59. The van der Waals surface area contributed by atoms with E-state index in [1.165, 1.54) is 5.57 Å².